The van der Waals surface area contributed by atoms with Crippen LogP contribution in [-0.4, -0.2) is 25.1 Å². The Balaban J connectivity index is 0.000000212. The van der Waals surface area contributed by atoms with Crippen molar-refractivity contribution in [1.29, 1.82) is 0 Å². The molecule has 4 heteroatoms. The molecule has 39 heavy (non-hydrogen) atoms. The molecule has 0 aliphatic carbocycles. The minimum Gasteiger partial charge on any atom is -0.326 e. The largest absolute Gasteiger partial charge is 0.326 e. The standard InChI is InChI=1S/C22H26N2Si.C13H13B/c1-3-4-11-18-25(2)22(24-17-16-23-19-24,20-12-7-5-8-13-20)21-14-9-6-10-15-21;1-14(12-8-4-2-5-9-12)13-10-6-3-7-11-13/h4-17,19,25H,3,18H2,1-2H3;2-11H,1H3. The second-order valence-electron chi connectivity index (χ2n) is 10.0. The highest BCUT2D eigenvalue weighted by Crippen LogP contribution is 2.38. The molecule has 1 heterocycles. The second kappa shape index (κ2) is 14.3. The van der Waals surface area contributed by atoms with Gasteiger partial charge in [-0.2, -0.15) is 0 Å². The Morgan fingerprint density at radius 1 is 0.718 bits per heavy atom. The van der Waals surface area contributed by atoms with E-state index in [9.17, 15) is 0 Å². The average molecular weight is 527 g/mol. The molecule has 0 amide bonds. The first kappa shape index (κ1) is 28.1. The van der Waals surface area contributed by atoms with Crippen LogP contribution in [0, 0.1) is 0 Å². The zero-order valence-corrected chi connectivity index (χ0v) is 24.6. The van der Waals surface area contributed by atoms with E-state index in [4.69, 9.17) is 0 Å². The van der Waals surface area contributed by atoms with E-state index in [1.165, 1.54) is 22.1 Å². The van der Waals surface area contributed by atoms with Gasteiger partial charge in [0.05, 0.1) is 20.3 Å². The van der Waals surface area contributed by atoms with Gasteiger partial charge in [0.25, 0.3) is 0 Å². The van der Waals surface area contributed by atoms with Crippen LogP contribution in [-0.2, 0) is 5.16 Å². The fourth-order valence-electron chi connectivity index (χ4n) is 5.45. The highest BCUT2D eigenvalue weighted by molar-refractivity contribution is 6.84. The molecule has 0 saturated carbocycles. The second-order valence-corrected chi connectivity index (χ2v) is 13.1. The highest BCUT2D eigenvalue weighted by atomic mass is 28.3. The molecule has 1 unspecified atom stereocenters. The van der Waals surface area contributed by atoms with Gasteiger partial charge in [-0.3, -0.25) is 0 Å². The van der Waals surface area contributed by atoms with Gasteiger partial charge in [-0.05, 0) is 23.6 Å². The summed E-state index contributed by atoms with van der Waals surface area (Å²) in [6.45, 7) is 7.39. The number of hydrogen-bond donors (Lipinski definition) is 0. The zero-order chi connectivity index (χ0) is 27.3. The first-order chi connectivity index (χ1) is 19.2. The Hall–Kier alpha value is -3.89. The van der Waals surface area contributed by atoms with Gasteiger partial charge in [-0.15, -0.1) is 0 Å². The van der Waals surface area contributed by atoms with Crippen molar-refractivity contribution in [3.8, 4) is 0 Å². The normalized spacial score (nSPS) is 12.0. The Kier molecular flexibility index (Phi) is 10.3. The molecule has 0 aliphatic heterocycles. The molecule has 4 aromatic carbocycles. The monoisotopic (exact) mass is 526 g/mol. The van der Waals surface area contributed by atoms with Gasteiger partial charge >= 0.3 is 0 Å². The Morgan fingerprint density at radius 2 is 1.18 bits per heavy atom. The number of benzene rings is 4. The summed E-state index contributed by atoms with van der Waals surface area (Å²) in [4.78, 5) is 4.39. The summed E-state index contributed by atoms with van der Waals surface area (Å²) >= 11 is 0. The molecular weight excluding hydrogens is 487 g/mol. The fraction of sp³-hybridized carbons (Fsp3) is 0.171. The highest BCUT2D eigenvalue weighted by Gasteiger charge is 2.41. The molecule has 1 atom stereocenters. The van der Waals surface area contributed by atoms with E-state index >= 15 is 0 Å². The molecular formula is C35H39BN2Si. The number of imidazole rings is 1. The summed E-state index contributed by atoms with van der Waals surface area (Å²) in [7, 11) is -1.29. The lowest BCUT2D eigenvalue weighted by Crippen LogP contribution is -2.48. The zero-order valence-electron chi connectivity index (χ0n) is 23.4. The minimum atomic E-state index is -1.29. The molecule has 0 spiro atoms. The van der Waals surface area contributed by atoms with Crippen molar-refractivity contribution in [2.75, 3.05) is 0 Å². The molecule has 196 valence electrons. The molecule has 5 aromatic rings. The molecule has 0 fully saturated rings. The van der Waals surface area contributed by atoms with Crippen LogP contribution in [0.15, 0.2) is 152 Å². The summed E-state index contributed by atoms with van der Waals surface area (Å²) in [5.41, 5.74) is 5.45. The van der Waals surface area contributed by atoms with Crippen molar-refractivity contribution in [1.82, 2.24) is 9.55 Å². The van der Waals surface area contributed by atoms with E-state index in [0.29, 0.717) is 6.71 Å². The van der Waals surface area contributed by atoms with Gasteiger partial charge in [-0.25, -0.2) is 4.98 Å². The third-order valence-electron chi connectivity index (χ3n) is 7.54. The van der Waals surface area contributed by atoms with Gasteiger partial charge in [0.15, 0.2) is 0 Å². The van der Waals surface area contributed by atoms with Crippen molar-refractivity contribution in [3.05, 3.63) is 163 Å². The fourth-order valence-corrected chi connectivity index (χ4v) is 8.58. The van der Waals surface area contributed by atoms with E-state index in [1.54, 1.807) is 0 Å². The maximum absolute atomic E-state index is 4.39. The maximum atomic E-state index is 4.39. The Labute approximate surface area is 236 Å². The third-order valence-corrected chi connectivity index (χ3v) is 10.9. The third kappa shape index (κ3) is 6.76. The summed E-state index contributed by atoms with van der Waals surface area (Å²) in [5.74, 6) is 0. The molecule has 0 radical (unpaired) electrons. The van der Waals surface area contributed by atoms with Gasteiger partial charge in [0.1, 0.15) is 0 Å². The number of rotatable bonds is 9. The van der Waals surface area contributed by atoms with E-state index in [0.717, 1.165) is 12.5 Å². The molecule has 5 rings (SSSR count). The van der Waals surface area contributed by atoms with Crippen LogP contribution >= 0.6 is 0 Å². The number of allylic oxidation sites excluding steroid dienone is 2. The van der Waals surface area contributed by atoms with Crippen molar-refractivity contribution < 1.29 is 0 Å². The quantitative estimate of drug-likeness (QED) is 0.150. The van der Waals surface area contributed by atoms with Crippen LogP contribution in [0.2, 0.25) is 19.4 Å². The topological polar surface area (TPSA) is 17.8 Å². The van der Waals surface area contributed by atoms with Gasteiger partial charge < -0.3 is 4.57 Å². The van der Waals surface area contributed by atoms with E-state index in [2.05, 4.69) is 170 Å². The van der Waals surface area contributed by atoms with Crippen LogP contribution in [0.3, 0.4) is 0 Å². The Bertz CT molecular complexity index is 1290. The lowest BCUT2D eigenvalue weighted by atomic mass is 9.43. The van der Waals surface area contributed by atoms with E-state index in [-0.39, 0.29) is 5.16 Å². The molecule has 0 N–H and O–H groups in total. The van der Waals surface area contributed by atoms with Crippen LogP contribution in [0.5, 0.6) is 0 Å². The van der Waals surface area contributed by atoms with Crippen molar-refractivity contribution >= 4 is 26.4 Å². The number of nitrogens with zero attached hydrogens (tertiary/aromatic N) is 2. The predicted octanol–water partition coefficient (Wildman–Crippen LogP) is 6.96. The smallest absolute Gasteiger partial charge is 0.206 e. The molecule has 0 bridgehead atoms. The van der Waals surface area contributed by atoms with Crippen molar-refractivity contribution in [2.45, 2.75) is 37.9 Å². The summed E-state index contributed by atoms with van der Waals surface area (Å²) in [5, 5.41) is -0.142. The lowest BCUT2D eigenvalue weighted by molar-refractivity contribution is 0.583. The molecule has 0 saturated heterocycles. The summed E-state index contributed by atoms with van der Waals surface area (Å²) < 4.78 is 2.33. The van der Waals surface area contributed by atoms with Crippen LogP contribution in [0.1, 0.15) is 24.5 Å². The summed E-state index contributed by atoms with van der Waals surface area (Å²) in [6, 6.07) is 44.2. The van der Waals surface area contributed by atoms with Gasteiger partial charge in [0.2, 0.25) is 6.71 Å². The number of hydrogen-bond acceptors (Lipinski definition) is 1. The van der Waals surface area contributed by atoms with Crippen LogP contribution in [0.25, 0.3) is 0 Å². The molecule has 1 aromatic heterocycles. The molecule has 2 nitrogen and oxygen atoms in total. The molecule has 0 aliphatic rings. The average Bonchev–Trinajstić information content (AvgIpc) is 3.55. The Morgan fingerprint density at radius 3 is 1.59 bits per heavy atom. The first-order valence-corrected chi connectivity index (χ1v) is 16.6. The minimum absolute atomic E-state index is 0.142. The van der Waals surface area contributed by atoms with Crippen LogP contribution < -0.4 is 10.9 Å². The van der Waals surface area contributed by atoms with Crippen LogP contribution in [0.4, 0.5) is 0 Å². The summed E-state index contributed by atoms with van der Waals surface area (Å²) in [6.07, 6.45) is 11.7. The maximum Gasteiger partial charge on any atom is 0.206 e. The first-order valence-electron chi connectivity index (χ1n) is 14.0. The van der Waals surface area contributed by atoms with E-state index in [1.807, 2.05) is 12.5 Å². The van der Waals surface area contributed by atoms with Crippen molar-refractivity contribution in [3.63, 3.8) is 0 Å². The SMILES string of the molecule is CB(c1ccccc1)c1ccccc1.CCC=CC[SiH](C)C(c1ccccc1)(c1ccccc1)n1ccnc1. The predicted molar refractivity (Wildman–Crippen MR) is 172 cm³/mol. The number of aromatic nitrogens is 2. The van der Waals surface area contributed by atoms with Gasteiger partial charge in [0, 0.05) is 12.4 Å². The van der Waals surface area contributed by atoms with Crippen molar-refractivity contribution in [2.24, 2.45) is 0 Å². The lowest BCUT2D eigenvalue weighted by Gasteiger charge is -2.41. The van der Waals surface area contributed by atoms with E-state index < -0.39 is 8.80 Å². The van der Waals surface area contributed by atoms with Gasteiger partial charge in [-0.1, -0.05) is 165 Å².